The molecule has 0 saturated carbocycles. The summed E-state index contributed by atoms with van der Waals surface area (Å²) in [7, 11) is 12.1. The topological polar surface area (TPSA) is 23.6 Å². The van der Waals surface area contributed by atoms with Gasteiger partial charge in [-0.3, -0.25) is 4.79 Å². The van der Waals surface area contributed by atoms with Gasteiger partial charge in [0.15, 0.2) is 0 Å². The van der Waals surface area contributed by atoms with Crippen LogP contribution in [0.3, 0.4) is 0 Å². The standard InChI is InChI=1S/C12H21BN2O.2C2H6/c1-12(13)7-5-6-10(15(4)9-16)11(8-12)14(2)3;2*1-2/h9H,5-8H2,1-4H3;2*1-2H3. The van der Waals surface area contributed by atoms with Crippen LogP contribution in [0.1, 0.15) is 60.3 Å². The Labute approximate surface area is 127 Å². The highest BCUT2D eigenvalue weighted by atomic mass is 16.1. The van der Waals surface area contributed by atoms with Gasteiger partial charge in [0.05, 0.1) is 7.85 Å². The predicted octanol–water partition coefficient (Wildman–Crippen LogP) is 3.82. The molecule has 1 rings (SSSR count). The van der Waals surface area contributed by atoms with Crippen LogP contribution in [0.4, 0.5) is 0 Å². The van der Waals surface area contributed by atoms with Gasteiger partial charge in [0.25, 0.3) is 0 Å². The van der Waals surface area contributed by atoms with Crippen LogP contribution in [0.5, 0.6) is 0 Å². The largest absolute Gasteiger partial charge is 0.380 e. The Balaban J connectivity index is 0. The van der Waals surface area contributed by atoms with Crippen molar-refractivity contribution in [1.82, 2.24) is 9.80 Å². The van der Waals surface area contributed by atoms with Crippen LogP contribution < -0.4 is 0 Å². The van der Waals surface area contributed by atoms with E-state index in [1.807, 2.05) is 48.8 Å². The minimum absolute atomic E-state index is 0.162. The second-order valence-corrected chi connectivity index (χ2v) is 5.19. The first-order chi connectivity index (χ1) is 9.37. The number of rotatable bonds is 3. The fourth-order valence-corrected chi connectivity index (χ4v) is 2.24. The zero-order valence-electron chi connectivity index (χ0n) is 14.8. The van der Waals surface area contributed by atoms with E-state index in [0.29, 0.717) is 0 Å². The highest BCUT2D eigenvalue weighted by Gasteiger charge is 2.26. The number of amides is 1. The van der Waals surface area contributed by atoms with Crippen molar-refractivity contribution in [3.63, 3.8) is 0 Å². The Hall–Kier alpha value is -0.925. The lowest BCUT2D eigenvalue weighted by Gasteiger charge is -2.29. The van der Waals surface area contributed by atoms with Gasteiger partial charge in [-0.05, 0) is 19.3 Å². The van der Waals surface area contributed by atoms with Crippen molar-refractivity contribution in [3.8, 4) is 0 Å². The van der Waals surface area contributed by atoms with Crippen molar-refractivity contribution in [2.75, 3.05) is 21.1 Å². The first-order valence-corrected chi connectivity index (χ1v) is 7.74. The number of allylic oxidation sites excluding steroid dienone is 2. The fraction of sp³-hybridized carbons (Fsp3) is 0.812. The molecule has 1 aliphatic carbocycles. The minimum atomic E-state index is -0.162. The van der Waals surface area contributed by atoms with E-state index in [-0.39, 0.29) is 5.31 Å². The normalized spacial score (nSPS) is 21.6. The molecule has 4 heteroatoms. The first kappa shape index (κ1) is 21.4. The predicted molar refractivity (Wildman–Crippen MR) is 89.8 cm³/mol. The molecule has 0 heterocycles. The maximum atomic E-state index is 10.9. The van der Waals surface area contributed by atoms with Crippen molar-refractivity contribution in [2.45, 2.75) is 65.6 Å². The second-order valence-electron chi connectivity index (χ2n) is 5.19. The van der Waals surface area contributed by atoms with Gasteiger partial charge in [0.1, 0.15) is 0 Å². The summed E-state index contributed by atoms with van der Waals surface area (Å²) in [6.07, 6.45) is 4.67. The molecule has 116 valence electrons. The average molecular weight is 280 g/mol. The van der Waals surface area contributed by atoms with Crippen LogP contribution in [0.25, 0.3) is 0 Å². The lowest BCUT2D eigenvalue weighted by atomic mass is 9.65. The molecule has 0 aliphatic heterocycles. The Morgan fingerprint density at radius 2 is 1.60 bits per heavy atom. The van der Waals surface area contributed by atoms with Crippen molar-refractivity contribution >= 4 is 14.3 Å². The maximum absolute atomic E-state index is 10.9. The molecule has 0 bridgehead atoms. The van der Waals surface area contributed by atoms with Crippen molar-refractivity contribution in [2.24, 2.45) is 0 Å². The molecule has 3 nitrogen and oxygen atoms in total. The monoisotopic (exact) mass is 280 g/mol. The molecule has 1 unspecified atom stereocenters. The smallest absolute Gasteiger partial charge is 0.213 e. The number of nitrogens with zero attached hydrogens (tertiary/aromatic N) is 2. The SMILES string of the molecule is CC.CC.[B]C1(C)CCCC(N(C)C=O)=C(N(C)C)C1. The molecule has 0 fully saturated rings. The van der Waals surface area contributed by atoms with E-state index in [9.17, 15) is 4.79 Å². The molecule has 0 spiro atoms. The van der Waals surface area contributed by atoms with Gasteiger partial charge in [0.2, 0.25) is 6.41 Å². The third kappa shape index (κ3) is 7.02. The van der Waals surface area contributed by atoms with E-state index in [4.69, 9.17) is 7.85 Å². The van der Waals surface area contributed by atoms with Gasteiger partial charge in [-0.15, -0.1) is 0 Å². The van der Waals surface area contributed by atoms with Crippen LogP contribution in [-0.4, -0.2) is 45.2 Å². The van der Waals surface area contributed by atoms with Gasteiger partial charge in [0, 0.05) is 32.5 Å². The summed E-state index contributed by atoms with van der Waals surface area (Å²) < 4.78 is 0. The average Bonchev–Trinajstić information content (AvgIpc) is 2.60. The molecule has 0 aromatic heterocycles. The highest BCUT2D eigenvalue weighted by Crippen LogP contribution is 2.41. The quantitative estimate of drug-likeness (QED) is 0.579. The number of carbonyl (C=O) groups is 1. The first-order valence-electron chi connectivity index (χ1n) is 7.74. The third-order valence-electron chi connectivity index (χ3n) is 3.19. The molecular formula is C16H33BN2O. The molecular weight excluding hydrogens is 247 g/mol. The molecule has 1 atom stereocenters. The number of hydrogen-bond donors (Lipinski definition) is 0. The second kappa shape index (κ2) is 10.8. The highest BCUT2D eigenvalue weighted by molar-refractivity contribution is 6.15. The zero-order valence-corrected chi connectivity index (χ0v) is 14.8. The summed E-state index contributed by atoms with van der Waals surface area (Å²) in [6, 6.07) is 0. The van der Waals surface area contributed by atoms with Gasteiger partial charge < -0.3 is 9.80 Å². The summed E-state index contributed by atoms with van der Waals surface area (Å²) in [4.78, 5) is 14.6. The van der Waals surface area contributed by atoms with Crippen molar-refractivity contribution in [1.29, 1.82) is 0 Å². The number of hydrogen-bond acceptors (Lipinski definition) is 2. The molecule has 20 heavy (non-hydrogen) atoms. The third-order valence-corrected chi connectivity index (χ3v) is 3.19. The summed E-state index contributed by atoms with van der Waals surface area (Å²) in [5, 5.41) is -0.162. The summed E-state index contributed by atoms with van der Waals surface area (Å²) >= 11 is 0. The van der Waals surface area contributed by atoms with Crippen LogP contribution in [0.2, 0.25) is 5.31 Å². The minimum Gasteiger partial charge on any atom is -0.380 e. The van der Waals surface area contributed by atoms with Crippen molar-refractivity contribution in [3.05, 3.63) is 11.4 Å². The Kier molecular flexibility index (Phi) is 11.6. The molecule has 0 aromatic carbocycles. The Bertz CT molecular complexity index is 299. The van der Waals surface area contributed by atoms with Crippen LogP contribution >= 0.6 is 0 Å². The summed E-state index contributed by atoms with van der Waals surface area (Å²) in [5.74, 6) is 0. The van der Waals surface area contributed by atoms with E-state index >= 15 is 0 Å². The molecule has 0 saturated heterocycles. The van der Waals surface area contributed by atoms with E-state index in [1.165, 1.54) is 5.70 Å². The Morgan fingerprint density at radius 1 is 1.10 bits per heavy atom. The fourth-order valence-electron chi connectivity index (χ4n) is 2.24. The zero-order chi connectivity index (χ0) is 16.3. The van der Waals surface area contributed by atoms with E-state index < -0.39 is 0 Å². The van der Waals surface area contributed by atoms with Crippen LogP contribution in [0.15, 0.2) is 11.4 Å². The molecule has 0 N–H and O–H groups in total. The van der Waals surface area contributed by atoms with Gasteiger partial charge in [-0.1, -0.05) is 46.4 Å². The summed E-state index contributed by atoms with van der Waals surface area (Å²) in [5.41, 5.74) is 2.28. The molecule has 0 aromatic rings. The van der Waals surface area contributed by atoms with E-state index in [0.717, 1.165) is 37.8 Å². The van der Waals surface area contributed by atoms with Gasteiger partial charge in [-0.2, -0.15) is 0 Å². The number of carbonyl (C=O) groups excluding carboxylic acids is 1. The van der Waals surface area contributed by atoms with Gasteiger partial charge in [-0.25, -0.2) is 0 Å². The molecule has 1 amide bonds. The summed E-state index contributed by atoms with van der Waals surface area (Å²) in [6.45, 7) is 10.1. The maximum Gasteiger partial charge on any atom is 0.213 e. The lowest BCUT2D eigenvalue weighted by molar-refractivity contribution is -0.115. The van der Waals surface area contributed by atoms with E-state index in [1.54, 1.807) is 4.90 Å². The molecule has 2 radical (unpaired) electrons. The molecule has 1 aliphatic rings. The van der Waals surface area contributed by atoms with Crippen LogP contribution in [-0.2, 0) is 4.79 Å². The lowest BCUT2D eigenvalue weighted by Crippen LogP contribution is -2.24. The Morgan fingerprint density at radius 3 is 2.00 bits per heavy atom. The van der Waals surface area contributed by atoms with Crippen LogP contribution in [0, 0.1) is 0 Å². The van der Waals surface area contributed by atoms with E-state index in [2.05, 4.69) is 11.8 Å². The van der Waals surface area contributed by atoms with Crippen molar-refractivity contribution < 1.29 is 4.79 Å². The van der Waals surface area contributed by atoms with Gasteiger partial charge >= 0.3 is 0 Å².